The van der Waals surface area contributed by atoms with Gasteiger partial charge in [0, 0.05) is 19.4 Å². The van der Waals surface area contributed by atoms with Crippen LogP contribution in [0.5, 0.6) is 0 Å². The van der Waals surface area contributed by atoms with Gasteiger partial charge in [0.2, 0.25) is 0 Å². The summed E-state index contributed by atoms with van der Waals surface area (Å²) in [6.45, 7) is 11.7. The molecule has 1 fully saturated rings. The number of carbonyl (C=O) groups excluding carboxylic acids is 1. The van der Waals surface area contributed by atoms with E-state index in [1.165, 1.54) is 6.07 Å². The van der Waals surface area contributed by atoms with E-state index in [1.807, 2.05) is 6.07 Å². The van der Waals surface area contributed by atoms with E-state index in [9.17, 15) is 9.18 Å². The molecule has 2 nitrogen and oxygen atoms in total. The van der Waals surface area contributed by atoms with Crippen LogP contribution in [0.15, 0.2) is 24.3 Å². The molecule has 0 N–H and O–H groups in total. The van der Waals surface area contributed by atoms with Crippen LogP contribution in [0.1, 0.15) is 45.1 Å². The molecule has 4 heteroatoms. The van der Waals surface area contributed by atoms with Crippen molar-refractivity contribution < 1.29 is 13.6 Å². The smallest absolute Gasteiger partial charge is 0.191 e. The second-order valence-electron chi connectivity index (χ2n) is 7.94. The fourth-order valence-corrected chi connectivity index (χ4v) is 3.83. The van der Waals surface area contributed by atoms with Gasteiger partial charge in [-0.2, -0.15) is 0 Å². The lowest BCUT2D eigenvalue weighted by Crippen LogP contribution is -2.42. The third-order valence-electron chi connectivity index (χ3n) is 5.25. The Kier molecular flexibility index (Phi) is 4.92. The first-order valence-corrected chi connectivity index (χ1v) is 10.9. The molecule has 0 bridgehead atoms. The van der Waals surface area contributed by atoms with Crippen LogP contribution in [0.2, 0.25) is 18.1 Å². The maximum absolute atomic E-state index is 13.5. The highest BCUT2D eigenvalue weighted by molar-refractivity contribution is 6.74. The Morgan fingerprint density at radius 2 is 1.95 bits per heavy atom. The molecule has 0 aliphatic heterocycles. The lowest BCUT2D eigenvalue weighted by molar-refractivity contribution is -0.117. The number of Topliss-reactive ketones (excluding diaryl/α,β-unsaturated/α-hetero) is 1. The van der Waals surface area contributed by atoms with Gasteiger partial charge in [-0.15, -0.1) is 0 Å². The van der Waals surface area contributed by atoms with Gasteiger partial charge in [-0.05, 0) is 47.7 Å². The Morgan fingerprint density at radius 3 is 2.55 bits per heavy atom. The molecular weight excluding hydrogens is 295 g/mol. The van der Waals surface area contributed by atoms with Crippen molar-refractivity contribution in [2.24, 2.45) is 5.92 Å². The highest BCUT2D eigenvalue weighted by Crippen LogP contribution is 2.41. The average Bonchev–Trinajstić information content (AvgIpc) is 2.76. The van der Waals surface area contributed by atoms with Crippen LogP contribution in [0, 0.1) is 11.7 Å². The maximum atomic E-state index is 13.5. The Balaban J connectivity index is 2.11. The van der Waals surface area contributed by atoms with E-state index in [-0.39, 0.29) is 28.5 Å². The van der Waals surface area contributed by atoms with E-state index >= 15 is 0 Å². The summed E-state index contributed by atoms with van der Waals surface area (Å²) in [7, 11) is -1.82. The van der Waals surface area contributed by atoms with E-state index in [4.69, 9.17) is 4.43 Å². The predicted octanol–water partition coefficient (Wildman–Crippen LogP) is 4.91. The molecule has 0 aromatic heterocycles. The molecule has 1 aromatic rings. The molecule has 0 heterocycles. The number of hydrogen-bond acceptors (Lipinski definition) is 2. The fraction of sp³-hybridized carbons (Fsp3) is 0.611. The standard InChI is InChI=1S/C18H27FO2Si/c1-18(2,3)22(4,5)21-12-14-10-16(20)11-17(14)13-7-6-8-15(19)9-13/h6-9,14,17H,10-12H2,1-5H3/t14-,17-/m0/s1. The monoisotopic (exact) mass is 322 g/mol. The van der Waals surface area contributed by atoms with Crippen LogP contribution >= 0.6 is 0 Å². The number of carbonyl (C=O) groups is 1. The molecule has 1 aromatic carbocycles. The van der Waals surface area contributed by atoms with Gasteiger partial charge in [-0.1, -0.05) is 32.9 Å². The summed E-state index contributed by atoms with van der Waals surface area (Å²) in [6.07, 6.45) is 1.06. The van der Waals surface area contributed by atoms with Gasteiger partial charge in [-0.3, -0.25) is 4.79 Å². The zero-order chi connectivity index (χ0) is 16.5. The summed E-state index contributed by atoms with van der Waals surface area (Å²) < 4.78 is 19.8. The molecule has 0 saturated heterocycles. The van der Waals surface area contributed by atoms with Crippen LogP contribution in [-0.4, -0.2) is 20.7 Å². The molecule has 0 amide bonds. The Hall–Kier alpha value is -1.00. The van der Waals surface area contributed by atoms with Gasteiger partial charge in [0.05, 0.1) is 0 Å². The minimum Gasteiger partial charge on any atom is -0.417 e. The summed E-state index contributed by atoms with van der Waals surface area (Å²) in [5.41, 5.74) is 0.926. The number of hydrogen-bond donors (Lipinski definition) is 0. The lowest BCUT2D eigenvalue weighted by Gasteiger charge is -2.37. The molecule has 0 radical (unpaired) electrons. The van der Waals surface area contributed by atoms with Crippen molar-refractivity contribution in [3.63, 3.8) is 0 Å². The molecule has 2 atom stereocenters. The molecule has 1 saturated carbocycles. The second-order valence-corrected chi connectivity index (χ2v) is 12.7. The number of benzene rings is 1. The van der Waals surface area contributed by atoms with E-state index in [2.05, 4.69) is 33.9 Å². The normalized spacial score (nSPS) is 23.1. The topological polar surface area (TPSA) is 26.3 Å². The van der Waals surface area contributed by atoms with E-state index in [1.54, 1.807) is 12.1 Å². The first kappa shape index (κ1) is 17.4. The van der Waals surface area contributed by atoms with Crippen molar-refractivity contribution in [3.8, 4) is 0 Å². The highest BCUT2D eigenvalue weighted by atomic mass is 28.4. The van der Waals surface area contributed by atoms with Crippen molar-refractivity contribution >= 4 is 14.1 Å². The second kappa shape index (κ2) is 6.24. The molecule has 0 spiro atoms. The molecule has 2 rings (SSSR count). The predicted molar refractivity (Wildman–Crippen MR) is 90.0 cm³/mol. The summed E-state index contributed by atoms with van der Waals surface area (Å²) in [6, 6.07) is 6.65. The van der Waals surface area contributed by atoms with Crippen LogP contribution in [0.3, 0.4) is 0 Å². The van der Waals surface area contributed by atoms with Crippen molar-refractivity contribution in [1.82, 2.24) is 0 Å². The van der Waals surface area contributed by atoms with Crippen LogP contribution in [-0.2, 0) is 9.22 Å². The minimum absolute atomic E-state index is 0.0907. The molecule has 0 unspecified atom stereocenters. The Bertz CT molecular complexity index is 548. The van der Waals surface area contributed by atoms with Gasteiger partial charge in [0.1, 0.15) is 11.6 Å². The third kappa shape index (κ3) is 3.85. The van der Waals surface area contributed by atoms with E-state index < -0.39 is 8.32 Å². The zero-order valence-electron chi connectivity index (χ0n) is 14.3. The van der Waals surface area contributed by atoms with Gasteiger partial charge in [-0.25, -0.2) is 4.39 Å². The largest absolute Gasteiger partial charge is 0.417 e. The molecule has 122 valence electrons. The van der Waals surface area contributed by atoms with Crippen LogP contribution in [0.4, 0.5) is 4.39 Å². The summed E-state index contributed by atoms with van der Waals surface area (Å²) >= 11 is 0. The van der Waals surface area contributed by atoms with Gasteiger partial charge >= 0.3 is 0 Å². The quantitative estimate of drug-likeness (QED) is 0.736. The van der Waals surface area contributed by atoms with Crippen molar-refractivity contribution in [2.45, 2.75) is 57.7 Å². The third-order valence-corrected chi connectivity index (χ3v) is 9.75. The summed E-state index contributed by atoms with van der Waals surface area (Å²) in [5.74, 6) is 0.287. The SMILES string of the molecule is CC(C)(C)[Si](C)(C)OC[C@@H]1CC(=O)C[C@H]1c1cccc(F)c1. The van der Waals surface area contributed by atoms with Crippen molar-refractivity contribution in [3.05, 3.63) is 35.6 Å². The maximum Gasteiger partial charge on any atom is 0.191 e. The average molecular weight is 322 g/mol. The highest BCUT2D eigenvalue weighted by Gasteiger charge is 2.40. The molecule has 1 aliphatic rings. The number of rotatable bonds is 4. The minimum atomic E-state index is -1.82. The summed E-state index contributed by atoms with van der Waals surface area (Å²) in [4.78, 5) is 11.9. The molecular formula is C18H27FO2Si. The van der Waals surface area contributed by atoms with Crippen molar-refractivity contribution in [2.75, 3.05) is 6.61 Å². The fourth-order valence-electron chi connectivity index (χ4n) is 2.76. The van der Waals surface area contributed by atoms with E-state index in [0.29, 0.717) is 19.4 Å². The van der Waals surface area contributed by atoms with Crippen molar-refractivity contribution in [1.29, 1.82) is 0 Å². The Labute approximate surface area is 134 Å². The van der Waals surface area contributed by atoms with Gasteiger partial charge < -0.3 is 4.43 Å². The summed E-state index contributed by atoms with van der Waals surface area (Å²) in [5, 5.41) is 0.157. The first-order valence-electron chi connectivity index (χ1n) is 8.01. The first-order chi connectivity index (χ1) is 10.1. The molecule has 1 aliphatic carbocycles. The zero-order valence-corrected chi connectivity index (χ0v) is 15.3. The number of halogens is 1. The lowest BCUT2D eigenvalue weighted by atomic mass is 9.89. The van der Waals surface area contributed by atoms with Crippen LogP contribution < -0.4 is 0 Å². The number of ketones is 1. The van der Waals surface area contributed by atoms with Crippen LogP contribution in [0.25, 0.3) is 0 Å². The Morgan fingerprint density at radius 1 is 1.27 bits per heavy atom. The van der Waals surface area contributed by atoms with Gasteiger partial charge in [0.25, 0.3) is 0 Å². The molecule has 22 heavy (non-hydrogen) atoms. The van der Waals surface area contributed by atoms with Gasteiger partial charge in [0.15, 0.2) is 8.32 Å². The van der Waals surface area contributed by atoms with E-state index in [0.717, 1.165) is 5.56 Å².